The molecule has 1 aromatic heterocycles. The molecule has 8 nitrogen and oxygen atoms in total. The maximum Gasteiger partial charge on any atom is 0.243 e. The molecule has 1 atom stereocenters. The molecule has 1 aliphatic rings. The van der Waals surface area contributed by atoms with Gasteiger partial charge in [0.05, 0.1) is 10.9 Å². The van der Waals surface area contributed by atoms with Crippen molar-refractivity contribution in [3.63, 3.8) is 0 Å². The number of aromatic nitrogens is 2. The van der Waals surface area contributed by atoms with Crippen molar-refractivity contribution in [1.29, 1.82) is 0 Å². The van der Waals surface area contributed by atoms with E-state index in [-0.39, 0.29) is 11.9 Å². The lowest BCUT2D eigenvalue weighted by atomic mass is 10.1. The molecule has 1 aliphatic heterocycles. The van der Waals surface area contributed by atoms with Crippen LogP contribution < -0.4 is 5.32 Å². The summed E-state index contributed by atoms with van der Waals surface area (Å²) in [7, 11) is -3.59. The summed E-state index contributed by atoms with van der Waals surface area (Å²) < 4.78 is 27.7. The van der Waals surface area contributed by atoms with Gasteiger partial charge < -0.3 is 0 Å². The molecule has 0 aliphatic carbocycles. The maximum atomic E-state index is 13.1. The van der Waals surface area contributed by atoms with Crippen molar-refractivity contribution in [3.05, 3.63) is 60.9 Å². The summed E-state index contributed by atoms with van der Waals surface area (Å²) in [5.41, 5.74) is 0. The minimum atomic E-state index is -3.59. The second kappa shape index (κ2) is 8.47. The summed E-state index contributed by atoms with van der Waals surface area (Å²) in [6, 6.07) is 14.1. The number of carbonyl (C=O) groups is 1. The first-order chi connectivity index (χ1) is 14.4. The molecular formula is C21H23N5O3S. The van der Waals surface area contributed by atoms with Crippen molar-refractivity contribution in [3.8, 4) is 0 Å². The van der Waals surface area contributed by atoms with Crippen LogP contribution in [0.2, 0.25) is 0 Å². The third-order valence-electron chi connectivity index (χ3n) is 5.36. The molecule has 2 aromatic carbocycles. The summed E-state index contributed by atoms with van der Waals surface area (Å²) in [6.07, 6.45) is 3.12. The predicted octanol–water partition coefficient (Wildman–Crippen LogP) is 1.96. The Hall–Kier alpha value is -2.88. The van der Waals surface area contributed by atoms with Gasteiger partial charge in [0.15, 0.2) is 0 Å². The Balaban J connectivity index is 1.41. The minimum Gasteiger partial charge on any atom is -0.293 e. The number of sulfonamides is 1. The summed E-state index contributed by atoms with van der Waals surface area (Å²) in [6.45, 7) is 3.39. The monoisotopic (exact) mass is 425 g/mol. The summed E-state index contributed by atoms with van der Waals surface area (Å²) in [5, 5.41) is 4.59. The topological polar surface area (TPSA) is 95.5 Å². The summed E-state index contributed by atoms with van der Waals surface area (Å²) in [5.74, 6) is 0.0407. The zero-order valence-corrected chi connectivity index (χ0v) is 17.4. The number of anilines is 1. The Morgan fingerprint density at radius 2 is 1.63 bits per heavy atom. The van der Waals surface area contributed by atoms with E-state index in [0.717, 1.165) is 10.8 Å². The molecule has 0 radical (unpaired) electrons. The van der Waals surface area contributed by atoms with Gasteiger partial charge in [-0.25, -0.2) is 18.4 Å². The zero-order valence-electron chi connectivity index (χ0n) is 16.6. The van der Waals surface area contributed by atoms with Crippen LogP contribution in [0, 0.1) is 0 Å². The molecule has 2 heterocycles. The zero-order chi connectivity index (χ0) is 21.1. The van der Waals surface area contributed by atoms with Crippen LogP contribution in [-0.4, -0.2) is 65.7 Å². The van der Waals surface area contributed by atoms with E-state index in [2.05, 4.69) is 15.3 Å². The molecule has 3 aromatic rings. The van der Waals surface area contributed by atoms with Gasteiger partial charge in [-0.2, -0.15) is 4.31 Å². The fourth-order valence-corrected chi connectivity index (χ4v) is 5.01. The van der Waals surface area contributed by atoms with Crippen molar-refractivity contribution in [2.24, 2.45) is 0 Å². The Morgan fingerprint density at radius 3 is 2.33 bits per heavy atom. The standard InChI is InChI=1S/C21H23N5O3S/c1-16(20(27)24-21-22-9-4-10-23-21)25-11-13-26(14-12-25)30(28,29)19-8-7-17-5-2-3-6-18(17)15-19/h2-10,15-16H,11-14H2,1H3,(H,22,23,24,27). The van der Waals surface area contributed by atoms with Crippen molar-refractivity contribution in [2.75, 3.05) is 31.5 Å². The van der Waals surface area contributed by atoms with E-state index in [4.69, 9.17) is 0 Å². The number of piperazine rings is 1. The van der Waals surface area contributed by atoms with Crippen LogP contribution in [-0.2, 0) is 14.8 Å². The van der Waals surface area contributed by atoms with Crippen LogP contribution in [0.15, 0.2) is 65.8 Å². The van der Waals surface area contributed by atoms with Crippen LogP contribution in [0.5, 0.6) is 0 Å². The third kappa shape index (κ3) is 4.18. The molecule has 9 heteroatoms. The highest BCUT2D eigenvalue weighted by atomic mass is 32.2. The van der Waals surface area contributed by atoms with Crippen LogP contribution >= 0.6 is 0 Å². The second-order valence-electron chi connectivity index (χ2n) is 7.19. The maximum absolute atomic E-state index is 13.1. The average molecular weight is 426 g/mol. The summed E-state index contributed by atoms with van der Waals surface area (Å²) in [4.78, 5) is 22.7. The van der Waals surface area contributed by atoms with Gasteiger partial charge in [0.1, 0.15) is 0 Å². The largest absolute Gasteiger partial charge is 0.293 e. The highest BCUT2D eigenvalue weighted by molar-refractivity contribution is 7.89. The van der Waals surface area contributed by atoms with Gasteiger partial charge in [0.25, 0.3) is 0 Å². The molecule has 1 saturated heterocycles. The van der Waals surface area contributed by atoms with E-state index >= 15 is 0 Å². The lowest BCUT2D eigenvalue weighted by Crippen LogP contribution is -2.54. The number of nitrogens with zero attached hydrogens (tertiary/aromatic N) is 4. The van der Waals surface area contributed by atoms with Crippen LogP contribution in [0.3, 0.4) is 0 Å². The van der Waals surface area contributed by atoms with E-state index < -0.39 is 16.1 Å². The molecule has 4 rings (SSSR count). The van der Waals surface area contributed by atoms with E-state index in [0.29, 0.717) is 31.1 Å². The number of rotatable bonds is 5. The predicted molar refractivity (Wildman–Crippen MR) is 114 cm³/mol. The Morgan fingerprint density at radius 1 is 0.967 bits per heavy atom. The number of carbonyl (C=O) groups excluding carboxylic acids is 1. The van der Waals surface area contributed by atoms with E-state index in [1.54, 1.807) is 37.5 Å². The molecule has 0 spiro atoms. The van der Waals surface area contributed by atoms with E-state index in [9.17, 15) is 13.2 Å². The number of benzene rings is 2. The summed E-state index contributed by atoms with van der Waals surface area (Å²) >= 11 is 0. The molecule has 0 saturated carbocycles. The molecule has 1 unspecified atom stereocenters. The van der Waals surface area contributed by atoms with Gasteiger partial charge in [0, 0.05) is 38.6 Å². The number of hydrogen-bond acceptors (Lipinski definition) is 6. The van der Waals surface area contributed by atoms with E-state index in [1.807, 2.05) is 35.2 Å². The molecule has 1 amide bonds. The fraction of sp³-hybridized carbons (Fsp3) is 0.286. The molecule has 156 valence electrons. The van der Waals surface area contributed by atoms with Gasteiger partial charge in [-0.1, -0.05) is 30.3 Å². The normalized spacial score (nSPS) is 17.0. The van der Waals surface area contributed by atoms with Gasteiger partial charge in [-0.15, -0.1) is 0 Å². The van der Waals surface area contributed by atoms with Crippen molar-refractivity contribution in [2.45, 2.75) is 17.9 Å². The van der Waals surface area contributed by atoms with Gasteiger partial charge >= 0.3 is 0 Å². The first-order valence-corrected chi connectivity index (χ1v) is 11.2. The molecule has 1 N–H and O–H groups in total. The van der Waals surface area contributed by atoms with E-state index in [1.165, 1.54) is 4.31 Å². The quantitative estimate of drug-likeness (QED) is 0.671. The molecule has 1 fully saturated rings. The average Bonchev–Trinajstić information content (AvgIpc) is 2.79. The van der Waals surface area contributed by atoms with Gasteiger partial charge in [-0.3, -0.25) is 15.0 Å². The Bertz CT molecular complexity index is 1150. The van der Waals surface area contributed by atoms with Gasteiger partial charge in [0.2, 0.25) is 21.9 Å². The minimum absolute atomic E-state index is 0.216. The Labute approximate surface area is 175 Å². The fourth-order valence-electron chi connectivity index (χ4n) is 3.55. The highest BCUT2D eigenvalue weighted by Crippen LogP contribution is 2.23. The molecule has 0 bridgehead atoms. The van der Waals surface area contributed by atoms with Crippen molar-refractivity contribution < 1.29 is 13.2 Å². The first kappa shape index (κ1) is 20.4. The SMILES string of the molecule is CC(C(=O)Nc1ncccn1)N1CCN(S(=O)(=O)c2ccc3ccccc3c2)CC1. The molecule has 30 heavy (non-hydrogen) atoms. The lowest BCUT2D eigenvalue weighted by Gasteiger charge is -2.36. The number of fused-ring (bicyclic) bond motifs is 1. The Kier molecular flexibility index (Phi) is 5.76. The van der Waals surface area contributed by atoms with Crippen molar-refractivity contribution in [1.82, 2.24) is 19.2 Å². The highest BCUT2D eigenvalue weighted by Gasteiger charge is 2.32. The number of nitrogens with one attached hydrogen (secondary N) is 1. The number of amides is 1. The van der Waals surface area contributed by atoms with Gasteiger partial charge in [-0.05, 0) is 35.9 Å². The van der Waals surface area contributed by atoms with Crippen LogP contribution in [0.4, 0.5) is 5.95 Å². The smallest absolute Gasteiger partial charge is 0.243 e. The number of hydrogen-bond donors (Lipinski definition) is 1. The molecular weight excluding hydrogens is 402 g/mol. The lowest BCUT2D eigenvalue weighted by molar-refractivity contribution is -0.121. The van der Waals surface area contributed by atoms with Crippen LogP contribution in [0.1, 0.15) is 6.92 Å². The first-order valence-electron chi connectivity index (χ1n) is 9.76. The van der Waals surface area contributed by atoms with Crippen LogP contribution in [0.25, 0.3) is 10.8 Å². The van der Waals surface area contributed by atoms with Crippen molar-refractivity contribution >= 4 is 32.7 Å². The third-order valence-corrected chi connectivity index (χ3v) is 7.25. The second-order valence-corrected chi connectivity index (χ2v) is 9.12.